The fraction of sp³-hybridized carbons (Fsp3) is 0.286. The summed E-state index contributed by atoms with van der Waals surface area (Å²) in [5.41, 5.74) is 7.78. The van der Waals surface area contributed by atoms with Gasteiger partial charge in [0.1, 0.15) is 5.69 Å². The van der Waals surface area contributed by atoms with Gasteiger partial charge in [-0.3, -0.25) is 9.89 Å². The predicted molar refractivity (Wildman–Crippen MR) is 74.6 cm³/mol. The second kappa shape index (κ2) is 5.67. The molecular weight excluding hydrogens is 240 g/mol. The summed E-state index contributed by atoms with van der Waals surface area (Å²) in [5.74, 6) is -0.104. The number of amides is 1. The number of benzene rings is 1. The summed E-state index contributed by atoms with van der Waals surface area (Å²) in [6, 6.07) is 11.5. The van der Waals surface area contributed by atoms with Gasteiger partial charge in [-0.15, -0.1) is 0 Å². The molecule has 1 aromatic heterocycles. The van der Waals surface area contributed by atoms with Crippen LogP contribution in [-0.2, 0) is 0 Å². The minimum Gasteiger partial charge on any atom is -0.336 e. The van der Waals surface area contributed by atoms with E-state index in [-0.39, 0.29) is 11.9 Å². The lowest BCUT2D eigenvalue weighted by atomic mass is 10.1. The fourth-order valence-electron chi connectivity index (χ4n) is 1.74. The normalized spacial score (nSPS) is 12.2. The molecule has 1 aromatic carbocycles. The molecule has 0 bridgehead atoms. The Morgan fingerprint density at radius 2 is 2.11 bits per heavy atom. The van der Waals surface area contributed by atoms with Gasteiger partial charge in [0.15, 0.2) is 0 Å². The van der Waals surface area contributed by atoms with Crippen molar-refractivity contribution in [2.75, 3.05) is 13.6 Å². The molecule has 0 aliphatic rings. The van der Waals surface area contributed by atoms with E-state index in [1.807, 2.05) is 37.3 Å². The highest BCUT2D eigenvalue weighted by Gasteiger charge is 2.18. The van der Waals surface area contributed by atoms with Crippen molar-refractivity contribution in [1.29, 1.82) is 0 Å². The van der Waals surface area contributed by atoms with E-state index >= 15 is 0 Å². The number of aromatic nitrogens is 2. The molecule has 0 spiro atoms. The molecule has 5 heteroatoms. The molecule has 0 radical (unpaired) electrons. The van der Waals surface area contributed by atoms with Gasteiger partial charge in [0, 0.05) is 25.2 Å². The summed E-state index contributed by atoms with van der Waals surface area (Å²) < 4.78 is 0. The number of hydrogen-bond acceptors (Lipinski definition) is 3. The maximum atomic E-state index is 12.2. The van der Waals surface area contributed by atoms with Crippen LogP contribution in [-0.4, -0.2) is 40.6 Å². The molecule has 0 aliphatic heterocycles. The third kappa shape index (κ3) is 2.82. The highest BCUT2D eigenvalue weighted by molar-refractivity contribution is 5.93. The van der Waals surface area contributed by atoms with Gasteiger partial charge in [-0.25, -0.2) is 0 Å². The number of rotatable bonds is 4. The first-order valence-electron chi connectivity index (χ1n) is 6.21. The molecule has 3 N–H and O–H groups in total. The van der Waals surface area contributed by atoms with Gasteiger partial charge in [0.05, 0.1) is 5.69 Å². The molecule has 2 rings (SSSR count). The minimum atomic E-state index is -0.104. The van der Waals surface area contributed by atoms with Crippen molar-refractivity contribution in [3.8, 4) is 11.3 Å². The maximum absolute atomic E-state index is 12.2. The van der Waals surface area contributed by atoms with Crippen LogP contribution in [0.3, 0.4) is 0 Å². The molecule has 1 unspecified atom stereocenters. The number of carbonyl (C=O) groups excluding carboxylic acids is 1. The molecule has 1 heterocycles. The Morgan fingerprint density at radius 1 is 1.42 bits per heavy atom. The molecule has 0 fully saturated rings. The minimum absolute atomic E-state index is 0.00373. The van der Waals surface area contributed by atoms with Crippen LogP contribution in [0.25, 0.3) is 11.3 Å². The average molecular weight is 258 g/mol. The van der Waals surface area contributed by atoms with E-state index in [4.69, 9.17) is 5.73 Å². The number of likely N-dealkylation sites (N-methyl/N-ethyl adjacent to an activating group) is 1. The van der Waals surface area contributed by atoms with Crippen LogP contribution in [0.15, 0.2) is 36.4 Å². The maximum Gasteiger partial charge on any atom is 0.271 e. The topological polar surface area (TPSA) is 75.0 Å². The Hall–Kier alpha value is -2.14. The number of H-pyrrole nitrogens is 1. The van der Waals surface area contributed by atoms with E-state index in [9.17, 15) is 4.79 Å². The van der Waals surface area contributed by atoms with Gasteiger partial charge in [-0.1, -0.05) is 30.3 Å². The van der Waals surface area contributed by atoms with Crippen LogP contribution < -0.4 is 5.73 Å². The predicted octanol–water partition coefficient (Wildman–Crippen LogP) is 1.50. The Kier molecular flexibility index (Phi) is 3.97. The van der Waals surface area contributed by atoms with Gasteiger partial charge >= 0.3 is 0 Å². The van der Waals surface area contributed by atoms with E-state index in [1.54, 1.807) is 18.0 Å². The molecule has 0 saturated carbocycles. The van der Waals surface area contributed by atoms with Crippen molar-refractivity contribution in [3.63, 3.8) is 0 Å². The Labute approximate surface area is 112 Å². The summed E-state index contributed by atoms with van der Waals surface area (Å²) in [6.07, 6.45) is 0. The first-order chi connectivity index (χ1) is 9.13. The highest BCUT2D eigenvalue weighted by atomic mass is 16.2. The van der Waals surface area contributed by atoms with Crippen LogP contribution in [0.5, 0.6) is 0 Å². The van der Waals surface area contributed by atoms with Crippen LogP contribution in [0.1, 0.15) is 17.4 Å². The largest absolute Gasteiger partial charge is 0.336 e. The Morgan fingerprint density at radius 3 is 2.74 bits per heavy atom. The monoisotopic (exact) mass is 258 g/mol. The lowest BCUT2D eigenvalue weighted by Gasteiger charge is -2.22. The van der Waals surface area contributed by atoms with Crippen molar-refractivity contribution in [2.45, 2.75) is 13.0 Å². The number of nitrogens with zero attached hydrogens (tertiary/aromatic N) is 2. The molecular formula is C14H18N4O. The lowest BCUT2D eigenvalue weighted by Crippen LogP contribution is -2.39. The third-order valence-corrected chi connectivity index (χ3v) is 3.20. The summed E-state index contributed by atoms with van der Waals surface area (Å²) in [5, 5.41) is 6.95. The number of hydrogen-bond donors (Lipinski definition) is 2. The zero-order chi connectivity index (χ0) is 13.8. The van der Waals surface area contributed by atoms with E-state index in [0.717, 1.165) is 11.3 Å². The average Bonchev–Trinajstić information content (AvgIpc) is 2.95. The molecule has 0 aliphatic carbocycles. The second-order valence-corrected chi connectivity index (χ2v) is 4.53. The molecule has 1 atom stereocenters. The summed E-state index contributed by atoms with van der Waals surface area (Å²) in [4.78, 5) is 13.8. The standard InChI is InChI=1S/C14H18N4O/c1-10(9-15)18(2)14(19)13-8-12(16-17-13)11-6-4-3-5-7-11/h3-8,10H,9,15H2,1-2H3,(H,16,17). The SMILES string of the molecule is CC(CN)N(C)C(=O)c1cc(-c2ccccc2)n[nH]1. The fourth-order valence-corrected chi connectivity index (χ4v) is 1.74. The number of aromatic amines is 1. The molecule has 100 valence electrons. The zero-order valence-corrected chi connectivity index (χ0v) is 11.1. The smallest absolute Gasteiger partial charge is 0.271 e. The molecule has 5 nitrogen and oxygen atoms in total. The molecule has 0 saturated heterocycles. The van der Waals surface area contributed by atoms with Gasteiger partial charge in [-0.2, -0.15) is 5.10 Å². The van der Waals surface area contributed by atoms with Crippen LogP contribution in [0.4, 0.5) is 0 Å². The van der Waals surface area contributed by atoms with E-state index in [2.05, 4.69) is 10.2 Å². The Balaban J connectivity index is 2.20. The van der Waals surface area contributed by atoms with E-state index < -0.39 is 0 Å². The highest BCUT2D eigenvalue weighted by Crippen LogP contribution is 2.17. The lowest BCUT2D eigenvalue weighted by molar-refractivity contribution is 0.0742. The quantitative estimate of drug-likeness (QED) is 0.872. The van der Waals surface area contributed by atoms with E-state index in [0.29, 0.717) is 12.2 Å². The zero-order valence-electron chi connectivity index (χ0n) is 11.1. The molecule has 1 amide bonds. The third-order valence-electron chi connectivity index (χ3n) is 3.20. The second-order valence-electron chi connectivity index (χ2n) is 4.53. The van der Waals surface area contributed by atoms with Crippen molar-refractivity contribution in [3.05, 3.63) is 42.1 Å². The number of carbonyl (C=O) groups is 1. The number of nitrogens with one attached hydrogen (secondary N) is 1. The Bertz CT molecular complexity index is 550. The van der Waals surface area contributed by atoms with Crippen LogP contribution in [0, 0.1) is 0 Å². The molecule has 19 heavy (non-hydrogen) atoms. The van der Waals surface area contributed by atoms with Crippen molar-refractivity contribution in [1.82, 2.24) is 15.1 Å². The van der Waals surface area contributed by atoms with Gasteiger partial charge in [0.2, 0.25) is 0 Å². The van der Waals surface area contributed by atoms with Gasteiger partial charge in [-0.05, 0) is 13.0 Å². The number of nitrogens with two attached hydrogens (primary N) is 1. The summed E-state index contributed by atoms with van der Waals surface area (Å²) in [6.45, 7) is 2.34. The van der Waals surface area contributed by atoms with Gasteiger partial charge in [0.25, 0.3) is 5.91 Å². The van der Waals surface area contributed by atoms with Gasteiger partial charge < -0.3 is 10.6 Å². The molecule has 2 aromatic rings. The van der Waals surface area contributed by atoms with Crippen molar-refractivity contribution in [2.24, 2.45) is 5.73 Å². The van der Waals surface area contributed by atoms with Crippen LogP contribution >= 0.6 is 0 Å². The van der Waals surface area contributed by atoms with E-state index in [1.165, 1.54) is 0 Å². The van der Waals surface area contributed by atoms with Crippen molar-refractivity contribution < 1.29 is 4.79 Å². The van der Waals surface area contributed by atoms with Crippen molar-refractivity contribution >= 4 is 5.91 Å². The van der Waals surface area contributed by atoms with Crippen LogP contribution in [0.2, 0.25) is 0 Å². The first kappa shape index (κ1) is 13.3. The first-order valence-corrected chi connectivity index (χ1v) is 6.21. The summed E-state index contributed by atoms with van der Waals surface area (Å²) in [7, 11) is 1.74. The summed E-state index contributed by atoms with van der Waals surface area (Å²) >= 11 is 0.